The van der Waals surface area contributed by atoms with Crippen molar-refractivity contribution >= 4 is 23.9 Å². The van der Waals surface area contributed by atoms with Crippen LogP contribution in [0.4, 0.5) is 5.82 Å². The van der Waals surface area contributed by atoms with Gasteiger partial charge >= 0.3 is 0 Å². The van der Waals surface area contributed by atoms with Gasteiger partial charge in [0.25, 0.3) is 0 Å². The lowest BCUT2D eigenvalue weighted by Gasteiger charge is -2.07. The SMILES string of the molecule is Cc1cccc(-c2n[nH]c(=S)n2CCC(=O)Nc2ccn[nH]2)c1. The second-order valence-corrected chi connectivity index (χ2v) is 5.53. The molecule has 1 aromatic carbocycles. The third-order valence-electron chi connectivity index (χ3n) is 3.37. The van der Waals surface area contributed by atoms with E-state index in [4.69, 9.17) is 12.2 Å². The molecule has 0 aliphatic heterocycles. The molecule has 23 heavy (non-hydrogen) atoms. The van der Waals surface area contributed by atoms with Gasteiger partial charge in [0.05, 0.1) is 6.20 Å². The Kier molecular flexibility index (Phi) is 4.33. The van der Waals surface area contributed by atoms with Gasteiger partial charge in [0.1, 0.15) is 5.82 Å². The van der Waals surface area contributed by atoms with E-state index in [2.05, 4.69) is 25.7 Å². The highest BCUT2D eigenvalue weighted by Gasteiger charge is 2.11. The summed E-state index contributed by atoms with van der Waals surface area (Å²) in [6.07, 6.45) is 1.86. The van der Waals surface area contributed by atoms with Gasteiger partial charge in [-0.1, -0.05) is 23.8 Å². The average molecular weight is 328 g/mol. The van der Waals surface area contributed by atoms with Crippen molar-refractivity contribution in [1.82, 2.24) is 25.0 Å². The number of anilines is 1. The zero-order valence-corrected chi connectivity index (χ0v) is 13.4. The summed E-state index contributed by atoms with van der Waals surface area (Å²) >= 11 is 5.27. The van der Waals surface area contributed by atoms with Crippen molar-refractivity contribution < 1.29 is 4.79 Å². The van der Waals surface area contributed by atoms with E-state index in [1.165, 1.54) is 0 Å². The fourth-order valence-electron chi connectivity index (χ4n) is 2.28. The Morgan fingerprint density at radius 3 is 2.96 bits per heavy atom. The minimum atomic E-state index is -0.118. The molecule has 3 aromatic rings. The van der Waals surface area contributed by atoms with E-state index in [0.717, 1.165) is 17.0 Å². The number of rotatable bonds is 5. The standard InChI is InChI=1S/C15H16N6OS/c1-10-3-2-4-11(9-10)14-19-20-15(23)21(14)8-6-13(22)17-12-5-7-16-18-12/h2-5,7,9H,6,8H2,1H3,(H,20,23)(H2,16,17,18,22). The smallest absolute Gasteiger partial charge is 0.227 e. The average Bonchev–Trinajstić information content (AvgIpc) is 3.15. The van der Waals surface area contributed by atoms with Crippen LogP contribution in [0.15, 0.2) is 36.5 Å². The number of benzene rings is 1. The molecule has 0 fully saturated rings. The molecule has 0 radical (unpaired) electrons. The highest BCUT2D eigenvalue weighted by Crippen LogP contribution is 2.18. The summed E-state index contributed by atoms with van der Waals surface area (Å²) in [5.41, 5.74) is 2.10. The van der Waals surface area contributed by atoms with E-state index in [1.807, 2.05) is 35.8 Å². The van der Waals surface area contributed by atoms with Crippen LogP contribution in [-0.4, -0.2) is 30.9 Å². The molecule has 118 valence electrons. The lowest BCUT2D eigenvalue weighted by molar-refractivity contribution is -0.116. The maximum absolute atomic E-state index is 12.0. The number of aryl methyl sites for hydroxylation is 1. The summed E-state index contributed by atoms with van der Waals surface area (Å²) in [6.45, 7) is 2.46. The van der Waals surface area contributed by atoms with Gasteiger partial charge in [-0.25, -0.2) is 0 Å². The molecular formula is C15H16N6OS. The zero-order chi connectivity index (χ0) is 16.2. The maximum atomic E-state index is 12.0. The van der Waals surface area contributed by atoms with Gasteiger partial charge in [0, 0.05) is 24.6 Å². The van der Waals surface area contributed by atoms with E-state index >= 15 is 0 Å². The quantitative estimate of drug-likeness (QED) is 0.628. The maximum Gasteiger partial charge on any atom is 0.227 e. The molecule has 0 atom stereocenters. The summed E-state index contributed by atoms with van der Waals surface area (Å²) in [5.74, 6) is 1.19. The second kappa shape index (κ2) is 6.57. The Morgan fingerprint density at radius 1 is 1.35 bits per heavy atom. The molecular weight excluding hydrogens is 312 g/mol. The van der Waals surface area contributed by atoms with Gasteiger partial charge in [0.15, 0.2) is 10.6 Å². The Bertz CT molecular complexity index is 864. The van der Waals surface area contributed by atoms with Crippen LogP contribution in [0.2, 0.25) is 0 Å². The number of H-pyrrole nitrogens is 2. The van der Waals surface area contributed by atoms with Crippen molar-refractivity contribution in [1.29, 1.82) is 0 Å². The molecule has 0 saturated heterocycles. The van der Waals surface area contributed by atoms with Crippen LogP contribution >= 0.6 is 12.2 Å². The van der Waals surface area contributed by atoms with Crippen LogP contribution in [0, 0.1) is 11.7 Å². The molecule has 0 spiro atoms. The molecule has 2 aromatic heterocycles. The van der Waals surface area contributed by atoms with E-state index in [0.29, 0.717) is 17.1 Å². The minimum Gasteiger partial charge on any atom is -0.311 e. The van der Waals surface area contributed by atoms with Crippen LogP contribution in [0.3, 0.4) is 0 Å². The van der Waals surface area contributed by atoms with Gasteiger partial charge in [-0.15, -0.1) is 0 Å². The van der Waals surface area contributed by atoms with Crippen LogP contribution in [0.5, 0.6) is 0 Å². The summed E-state index contributed by atoms with van der Waals surface area (Å²) < 4.78 is 2.33. The van der Waals surface area contributed by atoms with E-state index in [-0.39, 0.29) is 12.3 Å². The van der Waals surface area contributed by atoms with Crippen molar-refractivity contribution in [3.8, 4) is 11.4 Å². The molecule has 0 saturated carbocycles. The number of nitrogens with one attached hydrogen (secondary N) is 3. The summed E-state index contributed by atoms with van der Waals surface area (Å²) in [6, 6.07) is 9.69. The molecule has 8 heteroatoms. The minimum absolute atomic E-state index is 0.118. The van der Waals surface area contributed by atoms with E-state index in [1.54, 1.807) is 12.3 Å². The summed E-state index contributed by atoms with van der Waals surface area (Å²) in [4.78, 5) is 12.0. The highest BCUT2D eigenvalue weighted by atomic mass is 32.1. The largest absolute Gasteiger partial charge is 0.311 e. The number of hydrogen-bond acceptors (Lipinski definition) is 4. The van der Waals surface area contributed by atoms with Crippen molar-refractivity contribution in [3.05, 3.63) is 46.9 Å². The van der Waals surface area contributed by atoms with Gasteiger partial charge in [-0.2, -0.15) is 10.2 Å². The van der Waals surface area contributed by atoms with Crippen molar-refractivity contribution in [2.45, 2.75) is 19.9 Å². The van der Waals surface area contributed by atoms with E-state index in [9.17, 15) is 4.79 Å². The molecule has 0 unspecified atom stereocenters. The monoisotopic (exact) mass is 328 g/mol. The van der Waals surface area contributed by atoms with Crippen LogP contribution in [0.1, 0.15) is 12.0 Å². The molecule has 7 nitrogen and oxygen atoms in total. The van der Waals surface area contributed by atoms with Gasteiger partial charge in [-0.05, 0) is 25.2 Å². The van der Waals surface area contributed by atoms with E-state index < -0.39 is 0 Å². The molecule has 0 bridgehead atoms. The van der Waals surface area contributed by atoms with Crippen LogP contribution < -0.4 is 5.32 Å². The second-order valence-electron chi connectivity index (χ2n) is 5.14. The third kappa shape index (κ3) is 3.54. The predicted molar refractivity (Wildman–Crippen MR) is 89.4 cm³/mol. The van der Waals surface area contributed by atoms with Crippen LogP contribution in [-0.2, 0) is 11.3 Å². The third-order valence-corrected chi connectivity index (χ3v) is 3.68. The first kappa shape index (κ1) is 15.2. The number of amides is 1. The fraction of sp³-hybridized carbons (Fsp3) is 0.200. The Hall–Kier alpha value is -2.74. The van der Waals surface area contributed by atoms with Crippen molar-refractivity contribution in [2.24, 2.45) is 0 Å². The fourth-order valence-corrected chi connectivity index (χ4v) is 2.50. The topological polar surface area (TPSA) is 91.4 Å². The molecule has 1 amide bonds. The van der Waals surface area contributed by atoms with Crippen molar-refractivity contribution in [2.75, 3.05) is 5.32 Å². The number of aromatic nitrogens is 5. The molecule has 3 rings (SSSR count). The number of hydrogen-bond donors (Lipinski definition) is 3. The first-order valence-electron chi connectivity index (χ1n) is 7.15. The normalized spacial score (nSPS) is 10.7. The van der Waals surface area contributed by atoms with Gasteiger partial charge in [-0.3, -0.25) is 19.6 Å². The molecule has 0 aliphatic rings. The van der Waals surface area contributed by atoms with Gasteiger partial charge in [0.2, 0.25) is 5.91 Å². The van der Waals surface area contributed by atoms with Gasteiger partial charge < -0.3 is 5.32 Å². The lowest BCUT2D eigenvalue weighted by atomic mass is 10.1. The Balaban J connectivity index is 1.74. The Labute approximate surface area is 137 Å². The molecule has 0 aliphatic carbocycles. The zero-order valence-electron chi connectivity index (χ0n) is 12.5. The number of nitrogens with zero attached hydrogens (tertiary/aromatic N) is 3. The summed E-state index contributed by atoms with van der Waals surface area (Å²) in [7, 11) is 0. The first-order valence-corrected chi connectivity index (χ1v) is 7.56. The van der Waals surface area contributed by atoms with Crippen LogP contribution in [0.25, 0.3) is 11.4 Å². The summed E-state index contributed by atoms with van der Waals surface area (Å²) in [5, 5.41) is 16.3. The first-order chi connectivity index (χ1) is 11.1. The number of carbonyl (C=O) groups excluding carboxylic acids is 1. The molecule has 3 N–H and O–H groups in total. The number of carbonyl (C=O) groups is 1. The van der Waals surface area contributed by atoms with Crippen molar-refractivity contribution in [3.63, 3.8) is 0 Å². The highest BCUT2D eigenvalue weighted by molar-refractivity contribution is 7.71. The molecule has 2 heterocycles. The Morgan fingerprint density at radius 2 is 2.22 bits per heavy atom. The number of aromatic amines is 2. The predicted octanol–water partition coefficient (Wildman–Crippen LogP) is 2.67. The lowest BCUT2D eigenvalue weighted by Crippen LogP contribution is -2.15.